The van der Waals surface area contributed by atoms with Crippen LogP contribution in [0.25, 0.3) is 0 Å². The third-order valence-corrected chi connectivity index (χ3v) is 3.36. The van der Waals surface area contributed by atoms with Gasteiger partial charge in [0.05, 0.1) is 6.61 Å². The van der Waals surface area contributed by atoms with E-state index in [1.165, 1.54) is 0 Å². The number of nitrogens with zero attached hydrogens (tertiary/aromatic N) is 1. The Morgan fingerprint density at radius 2 is 1.82 bits per heavy atom. The van der Waals surface area contributed by atoms with Crippen LogP contribution in [0.15, 0.2) is 0 Å². The zero-order valence-corrected chi connectivity index (χ0v) is 9.48. The molecule has 0 bridgehead atoms. The smallest absolute Gasteiger partial charge is 0.332 e. The van der Waals surface area contributed by atoms with Gasteiger partial charge in [-0.15, -0.1) is 0 Å². The van der Waals surface area contributed by atoms with Crippen LogP contribution in [0.4, 0.5) is 0 Å². The molecule has 0 aromatic carbocycles. The molecule has 0 radical (unpaired) electrons. The van der Waals surface area contributed by atoms with Gasteiger partial charge in [-0.05, 0) is 12.8 Å². The molecule has 0 aliphatic carbocycles. The van der Waals surface area contributed by atoms with Crippen molar-refractivity contribution < 1.29 is 24.2 Å². The van der Waals surface area contributed by atoms with E-state index in [1.807, 2.05) is 0 Å². The van der Waals surface area contributed by atoms with Crippen molar-refractivity contribution in [1.82, 2.24) is 4.90 Å². The van der Waals surface area contributed by atoms with E-state index >= 15 is 0 Å². The molecule has 0 spiro atoms. The molecule has 2 heterocycles. The lowest BCUT2D eigenvalue weighted by Crippen LogP contribution is -2.59. The van der Waals surface area contributed by atoms with Crippen molar-refractivity contribution in [3.05, 3.63) is 0 Å². The van der Waals surface area contributed by atoms with Gasteiger partial charge in [-0.2, -0.15) is 0 Å². The first-order chi connectivity index (χ1) is 8.08. The number of ether oxygens (including phenoxy) is 1. The van der Waals surface area contributed by atoms with Crippen molar-refractivity contribution in [2.75, 3.05) is 13.2 Å². The molecule has 0 aromatic heterocycles. The predicted octanol–water partition coefficient (Wildman–Crippen LogP) is 0.159. The highest BCUT2D eigenvalue weighted by Gasteiger charge is 2.52. The molecule has 2 fully saturated rings. The highest BCUT2D eigenvalue weighted by molar-refractivity contribution is 6.01. The maximum Gasteiger partial charge on any atom is 0.332 e. The van der Waals surface area contributed by atoms with Gasteiger partial charge in [0, 0.05) is 25.9 Å². The highest BCUT2D eigenvalue weighted by atomic mass is 16.5. The summed E-state index contributed by atoms with van der Waals surface area (Å²) in [7, 11) is 0. The Labute approximate surface area is 98.5 Å². The Kier molecular flexibility index (Phi) is 3.15. The maximum atomic E-state index is 11.9. The van der Waals surface area contributed by atoms with E-state index in [4.69, 9.17) is 4.74 Å². The molecule has 1 unspecified atom stereocenters. The Bertz CT molecular complexity index is 341. The molecule has 6 heteroatoms. The first-order valence-corrected chi connectivity index (χ1v) is 5.75. The minimum absolute atomic E-state index is 0.0974. The van der Waals surface area contributed by atoms with Crippen LogP contribution >= 0.6 is 0 Å². The van der Waals surface area contributed by atoms with E-state index in [0.29, 0.717) is 12.8 Å². The average Bonchev–Trinajstić information content (AvgIpc) is 2.69. The zero-order valence-electron chi connectivity index (χ0n) is 9.48. The van der Waals surface area contributed by atoms with Crippen molar-refractivity contribution >= 4 is 17.8 Å². The molecule has 17 heavy (non-hydrogen) atoms. The number of rotatable bonds is 2. The fourth-order valence-corrected chi connectivity index (χ4v) is 2.39. The molecule has 94 valence electrons. The second kappa shape index (κ2) is 4.44. The zero-order chi connectivity index (χ0) is 12.5. The van der Waals surface area contributed by atoms with Gasteiger partial charge in [-0.25, -0.2) is 4.79 Å². The van der Waals surface area contributed by atoms with Crippen LogP contribution in [0.5, 0.6) is 0 Å². The molecule has 2 amide bonds. The topological polar surface area (TPSA) is 83.9 Å². The van der Waals surface area contributed by atoms with Gasteiger partial charge in [0.25, 0.3) is 0 Å². The molecular weight excluding hydrogens is 226 g/mol. The third kappa shape index (κ3) is 1.93. The minimum atomic E-state index is -1.47. The van der Waals surface area contributed by atoms with Gasteiger partial charge in [-0.1, -0.05) is 0 Å². The number of amides is 2. The molecular formula is C11H15NO5. The van der Waals surface area contributed by atoms with Gasteiger partial charge < -0.3 is 9.84 Å². The number of carbonyl (C=O) groups is 3. The van der Waals surface area contributed by atoms with Crippen LogP contribution in [0.3, 0.4) is 0 Å². The second-order valence-electron chi connectivity index (χ2n) is 4.47. The number of carboxylic acid groups (broad SMARTS) is 1. The molecule has 2 aliphatic rings. The average molecular weight is 241 g/mol. The lowest BCUT2D eigenvalue weighted by atomic mass is 9.95. The Morgan fingerprint density at radius 3 is 2.24 bits per heavy atom. The third-order valence-electron chi connectivity index (χ3n) is 3.36. The normalized spacial score (nSPS) is 30.5. The van der Waals surface area contributed by atoms with Crippen LogP contribution in [0.1, 0.15) is 32.1 Å². The summed E-state index contributed by atoms with van der Waals surface area (Å²) in [6.07, 6.45) is 1.93. The number of aliphatic carboxylic acids is 1. The lowest BCUT2D eigenvalue weighted by Gasteiger charge is -2.34. The number of carbonyl (C=O) groups excluding carboxylic acids is 2. The quantitative estimate of drug-likeness (QED) is 0.696. The van der Waals surface area contributed by atoms with Crippen LogP contribution in [0.2, 0.25) is 0 Å². The predicted molar refractivity (Wildman–Crippen MR) is 56.1 cm³/mol. The number of hydrogen-bond acceptors (Lipinski definition) is 4. The van der Waals surface area contributed by atoms with Crippen LogP contribution in [-0.2, 0) is 19.1 Å². The summed E-state index contributed by atoms with van der Waals surface area (Å²) < 4.78 is 5.09. The standard InChI is InChI=1S/C11H15NO5/c13-8-3-1-2-4-9(14)12(8)11(10(15)16)5-6-17-7-11/h1-7H2,(H,15,16). The number of imide groups is 1. The van der Waals surface area contributed by atoms with E-state index < -0.39 is 11.5 Å². The van der Waals surface area contributed by atoms with Crippen LogP contribution in [-0.4, -0.2) is 46.5 Å². The summed E-state index contributed by atoms with van der Waals surface area (Å²) in [6, 6.07) is 0. The first kappa shape index (κ1) is 12.0. The van der Waals surface area contributed by atoms with Gasteiger partial charge in [0.15, 0.2) is 5.54 Å². The van der Waals surface area contributed by atoms with Crippen molar-refractivity contribution in [1.29, 1.82) is 0 Å². The minimum Gasteiger partial charge on any atom is -0.479 e. The van der Waals surface area contributed by atoms with E-state index in [2.05, 4.69) is 0 Å². The van der Waals surface area contributed by atoms with E-state index in [-0.39, 0.29) is 44.3 Å². The SMILES string of the molecule is O=C1CCCCC(=O)N1C1(C(=O)O)CCOC1. The Hall–Kier alpha value is -1.43. The van der Waals surface area contributed by atoms with E-state index in [1.54, 1.807) is 0 Å². The first-order valence-electron chi connectivity index (χ1n) is 5.75. The monoisotopic (exact) mass is 241 g/mol. The van der Waals surface area contributed by atoms with Gasteiger partial charge >= 0.3 is 5.97 Å². The van der Waals surface area contributed by atoms with Gasteiger partial charge in [0.2, 0.25) is 11.8 Å². The van der Waals surface area contributed by atoms with Crippen molar-refractivity contribution in [3.63, 3.8) is 0 Å². The van der Waals surface area contributed by atoms with E-state index in [0.717, 1.165) is 4.90 Å². The van der Waals surface area contributed by atoms with Crippen LogP contribution in [0, 0.1) is 0 Å². The molecule has 2 aliphatic heterocycles. The summed E-state index contributed by atoms with van der Waals surface area (Å²) in [5, 5.41) is 9.32. The molecule has 1 N–H and O–H groups in total. The summed E-state index contributed by atoms with van der Waals surface area (Å²) in [5.41, 5.74) is -1.47. The molecule has 0 saturated carbocycles. The molecule has 2 rings (SSSR count). The highest BCUT2D eigenvalue weighted by Crippen LogP contribution is 2.30. The number of hydrogen-bond donors (Lipinski definition) is 1. The van der Waals surface area contributed by atoms with Crippen molar-refractivity contribution in [3.8, 4) is 0 Å². The molecule has 2 saturated heterocycles. The van der Waals surface area contributed by atoms with E-state index in [9.17, 15) is 19.5 Å². The molecule has 1 atom stereocenters. The fourth-order valence-electron chi connectivity index (χ4n) is 2.39. The summed E-state index contributed by atoms with van der Waals surface area (Å²) in [4.78, 5) is 36.2. The maximum absolute atomic E-state index is 11.9. The Morgan fingerprint density at radius 1 is 1.24 bits per heavy atom. The molecule has 6 nitrogen and oxygen atoms in total. The largest absolute Gasteiger partial charge is 0.479 e. The second-order valence-corrected chi connectivity index (χ2v) is 4.47. The summed E-state index contributed by atoms with van der Waals surface area (Å²) >= 11 is 0. The molecule has 0 aromatic rings. The number of likely N-dealkylation sites (tertiary alicyclic amines) is 1. The Balaban J connectivity index is 2.36. The lowest BCUT2D eigenvalue weighted by molar-refractivity contribution is -0.166. The summed E-state index contributed by atoms with van der Waals surface area (Å²) in [6.45, 7) is 0.170. The number of carboxylic acids is 1. The fraction of sp³-hybridized carbons (Fsp3) is 0.727. The van der Waals surface area contributed by atoms with Crippen molar-refractivity contribution in [2.45, 2.75) is 37.6 Å². The summed E-state index contributed by atoms with van der Waals surface area (Å²) in [5.74, 6) is -1.93. The van der Waals surface area contributed by atoms with Crippen LogP contribution < -0.4 is 0 Å². The van der Waals surface area contributed by atoms with Crippen molar-refractivity contribution in [2.24, 2.45) is 0 Å². The van der Waals surface area contributed by atoms with Gasteiger partial charge in [0.1, 0.15) is 0 Å². The van der Waals surface area contributed by atoms with Gasteiger partial charge in [-0.3, -0.25) is 14.5 Å².